The van der Waals surface area contributed by atoms with Crippen LogP contribution >= 0.6 is 0 Å². The fraction of sp³-hybridized carbons (Fsp3) is 0.476. The molecule has 4 amide bonds. The zero-order valence-corrected chi connectivity index (χ0v) is 18.9. The molecule has 0 aromatic heterocycles. The highest BCUT2D eigenvalue weighted by Gasteiger charge is 2.29. The van der Waals surface area contributed by atoms with E-state index in [1.54, 1.807) is 0 Å². The van der Waals surface area contributed by atoms with Crippen LogP contribution in [0, 0.1) is 0 Å². The van der Waals surface area contributed by atoms with Gasteiger partial charge in [-0.05, 0) is 38.0 Å². The van der Waals surface area contributed by atoms with Crippen LogP contribution in [0.25, 0.3) is 0 Å². The number of phenols is 1. The van der Waals surface area contributed by atoms with E-state index in [0.29, 0.717) is 5.56 Å². The molecule has 10 N–H and O–H groups in total. The molecule has 0 aliphatic rings. The van der Waals surface area contributed by atoms with Crippen LogP contribution in [0.5, 0.6) is 5.75 Å². The molecule has 5 unspecified atom stereocenters. The van der Waals surface area contributed by atoms with Crippen LogP contribution in [0.1, 0.15) is 32.3 Å². The largest absolute Gasteiger partial charge is 0.508 e. The number of rotatable bonds is 13. The number of carbonyl (C=O) groups excluding carboxylic acids is 4. The van der Waals surface area contributed by atoms with Gasteiger partial charge in [-0.15, -0.1) is 0 Å². The summed E-state index contributed by atoms with van der Waals surface area (Å²) in [5.41, 5.74) is 11.2. The number of aliphatic carboxylic acids is 1. The third kappa shape index (κ3) is 9.42. The van der Waals surface area contributed by atoms with Crippen LogP contribution in [0.4, 0.5) is 0 Å². The molecule has 0 aliphatic carbocycles. The molecule has 0 heterocycles. The zero-order valence-electron chi connectivity index (χ0n) is 18.9. The van der Waals surface area contributed by atoms with Crippen molar-refractivity contribution in [2.45, 2.75) is 63.4 Å². The van der Waals surface area contributed by atoms with Crippen LogP contribution in [0.15, 0.2) is 24.3 Å². The lowest BCUT2D eigenvalue weighted by Gasteiger charge is -2.24. The third-order valence-corrected chi connectivity index (χ3v) is 4.88. The molecule has 34 heavy (non-hydrogen) atoms. The molecular formula is C21H31N5O8. The Morgan fingerprint density at radius 2 is 1.47 bits per heavy atom. The van der Waals surface area contributed by atoms with Gasteiger partial charge in [0.15, 0.2) is 0 Å². The normalized spacial score (nSPS) is 15.2. The minimum absolute atomic E-state index is 0.00972. The molecule has 0 aliphatic heterocycles. The summed E-state index contributed by atoms with van der Waals surface area (Å²) in [6.45, 7) is 2.62. The molecule has 0 bridgehead atoms. The first-order valence-corrected chi connectivity index (χ1v) is 10.5. The van der Waals surface area contributed by atoms with Gasteiger partial charge in [0.2, 0.25) is 23.6 Å². The van der Waals surface area contributed by atoms with E-state index >= 15 is 0 Å². The van der Waals surface area contributed by atoms with Crippen molar-refractivity contribution in [1.82, 2.24) is 16.0 Å². The molecule has 1 aromatic carbocycles. The summed E-state index contributed by atoms with van der Waals surface area (Å²) in [4.78, 5) is 60.1. The summed E-state index contributed by atoms with van der Waals surface area (Å²) >= 11 is 0. The highest BCUT2D eigenvalue weighted by atomic mass is 16.4. The predicted molar refractivity (Wildman–Crippen MR) is 119 cm³/mol. The van der Waals surface area contributed by atoms with Crippen molar-refractivity contribution in [3.8, 4) is 5.75 Å². The molecule has 13 heteroatoms. The molecule has 188 valence electrons. The molecule has 0 saturated carbocycles. The quantitative estimate of drug-likeness (QED) is 0.148. The Hall–Kier alpha value is -3.71. The van der Waals surface area contributed by atoms with Crippen molar-refractivity contribution in [3.63, 3.8) is 0 Å². The van der Waals surface area contributed by atoms with Gasteiger partial charge in [-0.2, -0.15) is 0 Å². The van der Waals surface area contributed by atoms with Crippen LogP contribution in [-0.2, 0) is 30.4 Å². The summed E-state index contributed by atoms with van der Waals surface area (Å²) in [5.74, 6) is -4.56. The summed E-state index contributed by atoms with van der Waals surface area (Å²) in [6, 6.07) is 0.584. The molecule has 13 nitrogen and oxygen atoms in total. The first-order chi connectivity index (χ1) is 15.8. The number of nitrogens with two attached hydrogens (primary N) is 2. The fourth-order valence-corrected chi connectivity index (χ4v) is 2.79. The summed E-state index contributed by atoms with van der Waals surface area (Å²) < 4.78 is 0. The Bertz CT molecular complexity index is 890. The molecular weight excluding hydrogens is 450 g/mol. The Labute approximate surface area is 195 Å². The number of carboxylic acid groups (broad SMARTS) is 1. The minimum Gasteiger partial charge on any atom is -0.508 e. The lowest BCUT2D eigenvalue weighted by molar-refractivity contribution is -0.142. The highest BCUT2D eigenvalue weighted by Crippen LogP contribution is 2.12. The molecule has 0 radical (unpaired) electrons. The number of carboxylic acids is 1. The zero-order chi connectivity index (χ0) is 26.0. The van der Waals surface area contributed by atoms with Crippen LogP contribution < -0.4 is 27.4 Å². The number of aliphatic hydroxyl groups is 1. The predicted octanol–water partition coefficient (Wildman–Crippen LogP) is -2.53. The van der Waals surface area contributed by atoms with Crippen molar-refractivity contribution >= 4 is 29.6 Å². The molecule has 1 rings (SSSR count). The third-order valence-electron chi connectivity index (χ3n) is 4.88. The second kappa shape index (κ2) is 13.1. The maximum atomic E-state index is 12.8. The number of nitrogens with one attached hydrogen (secondary N) is 3. The van der Waals surface area contributed by atoms with Gasteiger partial charge < -0.3 is 42.7 Å². The van der Waals surface area contributed by atoms with Gasteiger partial charge in [0.25, 0.3) is 0 Å². The van der Waals surface area contributed by atoms with Gasteiger partial charge in [-0.25, -0.2) is 4.79 Å². The number of aromatic hydroxyl groups is 1. The average molecular weight is 482 g/mol. The monoisotopic (exact) mass is 481 g/mol. The maximum absolute atomic E-state index is 12.8. The number of hydrogen-bond donors (Lipinski definition) is 8. The van der Waals surface area contributed by atoms with Gasteiger partial charge in [0.05, 0.1) is 6.10 Å². The van der Waals surface area contributed by atoms with E-state index in [2.05, 4.69) is 16.0 Å². The van der Waals surface area contributed by atoms with Crippen molar-refractivity contribution < 1.29 is 39.3 Å². The number of aliphatic hydroxyl groups excluding tert-OH is 1. The second-order valence-electron chi connectivity index (χ2n) is 7.83. The van der Waals surface area contributed by atoms with Crippen LogP contribution in [-0.4, -0.2) is 75.2 Å². The number of hydrogen-bond acceptors (Lipinski definition) is 8. The van der Waals surface area contributed by atoms with Gasteiger partial charge >= 0.3 is 5.97 Å². The van der Waals surface area contributed by atoms with E-state index in [0.717, 1.165) is 0 Å². The second-order valence-corrected chi connectivity index (χ2v) is 7.83. The molecule has 1 aromatic rings. The van der Waals surface area contributed by atoms with E-state index in [4.69, 9.17) is 11.5 Å². The van der Waals surface area contributed by atoms with Gasteiger partial charge in [0, 0.05) is 12.8 Å². The minimum atomic E-state index is -1.37. The number of primary amides is 1. The van der Waals surface area contributed by atoms with E-state index in [-0.39, 0.29) is 25.0 Å². The Morgan fingerprint density at radius 3 is 1.97 bits per heavy atom. The van der Waals surface area contributed by atoms with E-state index in [9.17, 15) is 39.3 Å². The van der Waals surface area contributed by atoms with E-state index in [1.807, 2.05) is 0 Å². The van der Waals surface area contributed by atoms with E-state index < -0.39 is 59.9 Å². The summed E-state index contributed by atoms with van der Waals surface area (Å²) in [5, 5.41) is 35.2. The van der Waals surface area contributed by atoms with Crippen molar-refractivity contribution in [2.75, 3.05) is 0 Å². The lowest BCUT2D eigenvalue weighted by Crippen LogP contribution is -2.57. The van der Waals surface area contributed by atoms with Gasteiger partial charge in [0.1, 0.15) is 29.9 Å². The first-order valence-electron chi connectivity index (χ1n) is 10.5. The molecule has 0 fully saturated rings. The van der Waals surface area contributed by atoms with Gasteiger partial charge in [-0.3, -0.25) is 19.2 Å². The molecule has 0 saturated heterocycles. The first kappa shape index (κ1) is 28.3. The standard InChI is InChI=1S/C21H31N5O8/c1-10(24-20(32)17(23)11(2)27)18(30)25-14(7-8-16(22)29)19(31)26-15(21(33)34)9-12-3-5-13(28)6-4-12/h3-6,10-11,14-15,17,27-28H,7-9,23H2,1-2H3,(H2,22,29)(H,24,32)(H,25,30)(H,26,31)(H,33,34). The Kier molecular flexibility index (Phi) is 10.9. The Balaban J connectivity index is 2.90. The van der Waals surface area contributed by atoms with Crippen LogP contribution in [0.3, 0.4) is 0 Å². The van der Waals surface area contributed by atoms with Crippen molar-refractivity contribution in [2.24, 2.45) is 11.5 Å². The lowest BCUT2D eigenvalue weighted by atomic mass is 10.0. The molecule has 0 spiro atoms. The topological polar surface area (TPSA) is 234 Å². The Morgan fingerprint density at radius 1 is 0.912 bits per heavy atom. The van der Waals surface area contributed by atoms with Gasteiger partial charge in [-0.1, -0.05) is 12.1 Å². The summed E-state index contributed by atoms with van der Waals surface area (Å²) in [6.07, 6.45) is -1.76. The molecule has 5 atom stereocenters. The average Bonchev–Trinajstić information content (AvgIpc) is 2.76. The fourth-order valence-electron chi connectivity index (χ4n) is 2.79. The number of phenolic OH excluding ortho intramolecular Hbond substituents is 1. The highest BCUT2D eigenvalue weighted by molar-refractivity contribution is 5.94. The van der Waals surface area contributed by atoms with Crippen LogP contribution in [0.2, 0.25) is 0 Å². The maximum Gasteiger partial charge on any atom is 0.326 e. The number of amides is 4. The SMILES string of the molecule is CC(NC(=O)C(N)C(C)O)C(=O)NC(CCC(N)=O)C(=O)NC(Cc1ccc(O)cc1)C(=O)O. The smallest absolute Gasteiger partial charge is 0.326 e. The number of carbonyl (C=O) groups is 5. The van der Waals surface area contributed by atoms with Crippen molar-refractivity contribution in [3.05, 3.63) is 29.8 Å². The van der Waals surface area contributed by atoms with Crippen molar-refractivity contribution in [1.29, 1.82) is 0 Å². The number of benzene rings is 1. The summed E-state index contributed by atoms with van der Waals surface area (Å²) in [7, 11) is 0. The van der Waals surface area contributed by atoms with E-state index in [1.165, 1.54) is 38.1 Å².